The van der Waals surface area contributed by atoms with E-state index in [0.29, 0.717) is 0 Å². The minimum absolute atomic E-state index is 0.0854. The van der Waals surface area contributed by atoms with Crippen LogP contribution in [0.1, 0.15) is 27.7 Å². The molecule has 1 heteroatoms. The maximum absolute atomic E-state index is 5.83. The molecule has 0 aromatic carbocycles. The Hall–Kier alpha value is -0.230. The Kier molecular flexibility index (Phi) is 3.88. The molecule has 0 aliphatic heterocycles. The van der Waals surface area contributed by atoms with Gasteiger partial charge < -0.3 is 0 Å². The number of alkyl halides is 1. The zero-order valence-electron chi connectivity index (χ0n) is 7.82. The molecule has 0 aliphatic carbocycles. The number of hydrogen-bond acceptors (Lipinski definition) is 0. The fraction of sp³-hybridized carbons (Fsp3) is 0.600. The predicted molar refractivity (Wildman–Crippen MR) is 53.1 cm³/mol. The second-order valence-electron chi connectivity index (χ2n) is 3.75. The third-order valence-corrected chi connectivity index (χ3v) is 1.62. The summed E-state index contributed by atoms with van der Waals surface area (Å²) in [6, 6.07) is 0. The summed E-state index contributed by atoms with van der Waals surface area (Å²) >= 11 is 5.83. The number of allylic oxidation sites excluding steroid dienone is 3. The maximum Gasteiger partial charge on any atom is 0.0493 e. The second kappa shape index (κ2) is 3.96. The average molecular weight is 173 g/mol. The van der Waals surface area contributed by atoms with Crippen molar-refractivity contribution in [1.29, 1.82) is 0 Å². The normalized spacial score (nSPS) is 16.3. The molecular weight excluding hydrogens is 156 g/mol. The van der Waals surface area contributed by atoms with Crippen molar-refractivity contribution in [3.8, 4) is 0 Å². The van der Waals surface area contributed by atoms with Crippen molar-refractivity contribution in [2.45, 2.75) is 33.1 Å². The molecule has 0 fully saturated rings. The molecule has 1 unspecified atom stereocenters. The molecule has 0 saturated carbocycles. The Labute approximate surface area is 74.9 Å². The van der Waals surface area contributed by atoms with Crippen LogP contribution in [0.25, 0.3) is 0 Å². The van der Waals surface area contributed by atoms with Crippen LogP contribution in [0.2, 0.25) is 0 Å². The first-order chi connectivity index (χ1) is 4.88. The van der Waals surface area contributed by atoms with E-state index >= 15 is 0 Å². The minimum Gasteiger partial charge on any atom is -0.119 e. The Morgan fingerprint density at radius 2 is 1.91 bits per heavy atom. The van der Waals surface area contributed by atoms with E-state index in [0.717, 1.165) is 0 Å². The summed E-state index contributed by atoms with van der Waals surface area (Å²) in [7, 11) is 0. The quantitative estimate of drug-likeness (QED) is 0.440. The van der Waals surface area contributed by atoms with Crippen molar-refractivity contribution in [2.75, 3.05) is 0 Å². The Balaban J connectivity index is 4.54. The standard InChI is InChI=1S/C10H17Cl/c1-6-9(7-8(2)11)10(3,4)5/h6-8H,1H2,2-5H3. The highest BCUT2D eigenvalue weighted by Crippen LogP contribution is 2.26. The van der Waals surface area contributed by atoms with E-state index < -0.39 is 0 Å². The molecule has 0 rings (SSSR count). The lowest BCUT2D eigenvalue weighted by Gasteiger charge is -2.20. The van der Waals surface area contributed by atoms with Crippen molar-refractivity contribution in [2.24, 2.45) is 5.41 Å². The van der Waals surface area contributed by atoms with Crippen LogP contribution in [-0.4, -0.2) is 5.38 Å². The Morgan fingerprint density at radius 3 is 2.00 bits per heavy atom. The lowest BCUT2D eigenvalue weighted by atomic mass is 9.86. The molecule has 0 aliphatic rings. The van der Waals surface area contributed by atoms with Crippen LogP contribution in [0.4, 0.5) is 0 Å². The molecule has 0 bridgehead atoms. The van der Waals surface area contributed by atoms with E-state index in [9.17, 15) is 0 Å². The predicted octanol–water partition coefficient (Wildman–Crippen LogP) is 3.77. The maximum atomic E-state index is 5.83. The van der Waals surface area contributed by atoms with E-state index in [1.807, 2.05) is 19.1 Å². The van der Waals surface area contributed by atoms with E-state index in [4.69, 9.17) is 11.6 Å². The van der Waals surface area contributed by atoms with Crippen LogP contribution in [0.3, 0.4) is 0 Å². The van der Waals surface area contributed by atoms with Crippen LogP contribution in [0.5, 0.6) is 0 Å². The first-order valence-corrected chi connectivity index (χ1v) is 4.30. The molecule has 0 nitrogen and oxygen atoms in total. The Bertz CT molecular complexity index is 158. The second-order valence-corrected chi connectivity index (χ2v) is 4.44. The fourth-order valence-electron chi connectivity index (χ4n) is 0.872. The third kappa shape index (κ3) is 4.26. The van der Waals surface area contributed by atoms with Gasteiger partial charge in [0.05, 0.1) is 0 Å². The van der Waals surface area contributed by atoms with Gasteiger partial charge in [0, 0.05) is 5.38 Å². The molecule has 0 aromatic heterocycles. The van der Waals surface area contributed by atoms with Gasteiger partial charge in [0.1, 0.15) is 0 Å². The molecule has 0 aromatic rings. The van der Waals surface area contributed by atoms with Gasteiger partial charge >= 0.3 is 0 Å². The number of halogens is 1. The number of hydrogen-bond donors (Lipinski definition) is 0. The smallest absolute Gasteiger partial charge is 0.0493 e. The molecule has 0 N–H and O–H groups in total. The van der Waals surface area contributed by atoms with E-state index in [1.54, 1.807) is 0 Å². The summed E-state index contributed by atoms with van der Waals surface area (Å²) < 4.78 is 0. The summed E-state index contributed by atoms with van der Waals surface area (Å²) in [5.74, 6) is 0. The molecule has 0 radical (unpaired) electrons. The summed E-state index contributed by atoms with van der Waals surface area (Å²) in [5, 5.41) is 0.0854. The van der Waals surface area contributed by atoms with Gasteiger partial charge in [-0.15, -0.1) is 11.6 Å². The zero-order chi connectivity index (χ0) is 9.07. The van der Waals surface area contributed by atoms with Crippen molar-refractivity contribution in [1.82, 2.24) is 0 Å². The summed E-state index contributed by atoms with van der Waals surface area (Å²) in [6.07, 6.45) is 3.91. The summed E-state index contributed by atoms with van der Waals surface area (Å²) in [6.45, 7) is 12.2. The monoisotopic (exact) mass is 172 g/mol. The van der Waals surface area contributed by atoms with Gasteiger partial charge in [0.25, 0.3) is 0 Å². The highest BCUT2D eigenvalue weighted by Gasteiger charge is 2.14. The summed E-state index contributed by atoms with van der Waals surface area (Å²) in [5.41, 5.74) is 1.37. The first-order valence-electron chi connectivity index (χ1n) is 3.86. The largest absolute Gasteiger partial charge is 0.119 e. The van der Waals surface area contributed by atoms with Gasteiger partial charge in [-0.1, -0.05) is 39.5 Å². The molecular formula is C10H17Cl. The average Bonchev–Trinajstić information content (AvgIpc) is 1.79. The van der Waals surface area contributed by atoms with Crippen LogP contribution < -0.4 is 0 Å². The fourth-order valence-corrected chi connectivity index (χ4v) is 1.01. The van der Waals surface area contributed by atoms with Crippen LogP contribution >= 0.6 is 11.6 Å². The molecule has 0 heterocycles. The highest BCUT2D eigenvalue weighted by molar-refractivity contribution is 6.21. The molecule has 0 saturated heterocycles. The lowest BCUT2D eigenvalue weighted by molar-refractivity contribution is 0.515. The van der Waals surface area contributed by atoms with Crippen molar-refractivity contribution < 1.29 is 0 Å². The molecule has 0 spiro atoms. The topological polar surface area (TPSA) is 0 Å². The lowest BCUT2D eigenvalue weighted by Crippen LogP contribution is -2.08. The molecule has 0 amide bonds. The van der Waals surface area contributed by atoms with Crippen LogP contribution in [-0.2, 0) is 0 Å². The highest BCUT2D eigenvalue weighted by atomic mass is 35.5. The SMILES string of the molecule is C=CC(=CC(C)Cl)C(C)(C)C. The van der Waals surface area contributed by atoms with Crippen LogP contribution in [0, 0.1) is 5.41 Å². The zero-order valence-corrected chi connectivity index (χ0v) is 8.57. The van der Waals surface area contributed by atoms with Gasteiger partial charge in [-0.05, 0) is 17.9 Å². The van der Waals surface area contributed by atoms with E-state index in [-0.39, 0.29) is 10.8 Å². The molecule has 64 valence electrons. The van der Waals surface area contributed by atoms with Crippen LogP contribution in [0.15, 0.2) is 24.3 Å². The Morgan fingerprint density at radius 1 is 1.45 bits per heavy atom. The third-order valence-electron chi connectivity index (χ3n) is 1.50. The van der Waals surface area contributed by atoms with Crippen molar-refractivity contribution >= 4 is 11.6 Å². The minimum atomic E-state index is 0.0854. The van der Waals surface area contributed by atoms with Gasteiger partial charge in [0.2, 0.25) is 0 Å². The van der Waals surface area contributed by atoms with E-state index in [2.05, 4.69) is 27.4 Å². The first kappa shape index (κ1) is 10.8. The molecule has 1 atom stereocenters. The van der Waals surface area contributed by atoms with Gasteiger partial charge in [0.15, 0.2) is 0 Å². The number of rotatable bonds is 2. The van der Waals surface area contributed by atoms with Gasteiger partial charge in [-0.2, -0.15) is 0 Å². The van der Waals surface area contributed by atoms with Crippen molar-refractivity contribution in [3.63, 3.8) is 0 Å². The van der Waals surface area contributed by atoms with E-state index in [1.165, 1.54) is 5.57 Å². The van der Waals surface area contributed by atoms with Gasteiger partial charge in [-0.25, -0.2) is 0 Å². The van der Waals surface area contributed by atoms with Crippen molar-refractivity contribution in [3.05, 3.63) is 24.3 Å². The van der Waals surface area contributed by atoms with Gasteiger partial charge in [-0.3, -0.25) is 0 Å². The summed E-state index contributed by atoms with van der Waals surface area (Å²) in [4.78, 5) is 0. The molecule has 11 heavy (non-hydrogen) atoms.